The van der Waals surface area contributed by atoms with E-state index in [2.05, 4.69) is 25.3 Å². The summed E-state index contributed by atoms with van der Waals surface area (Å²) < 4.78 is 0. The summed E-state index contributed by atoms with van der Waals surface area (Å²) in [5.41, 5.74) is 0. The van der Waals surface area contributed by atoms with Crippen molar-refractivity contribution in [2.75, 3.05) is 11.5 Å². The Morgan fingerprint density at radius 3 is 1.90 bits per heavy atom. The van der Waals surface area contributed by atoms with Gasteiger partial charge < -0.3 is 0 Å². The summed E-state index contributed by atoms with van der Waals surface area (Å²) in [5.74, 6) is 3.91. The molecule has 60 valence electrons. The first-order valence-corrected chi connectivity index (χ1v) is 5.35. The molecule has 0 heterocycles. The van der Waals surface area contributed by atoms with Gasteiger partial charge in [-0.15, -0.1) is 0 Å². The summed E-state index contributed by atoms with van der Waals surface area (Å²) in [6.07, 6.45) is 5.56. The Labute approximate surface area is 74.6 Å². The predicted octanol–water partition coefficient (Wildman–Crippen LogP) is 2.65. The number of hydrogen-bond acceptors (Lipinski definition) is 2. The predicted molar refractivity (Wildman–Crippen MR) is 53.2 cm³/mol. The molecular weight excluding hydrogens is 160 g/mol. The van der Waals surface area contributed by atoms with E-state index >= 15 is 0 Å². The van der Waals surface area contributed by atoms with Crippen molar-refractivity contribution in [3.8, 4) is 0 Å². The highest BCUT2D eigenvalue weighted by atomic mass is 32.1. The third-order valence-corrected chi connectivity index (χ3v) is 3.44. The summed E-state index contributed by atoms with van der Waals surface area (Å²) in [4.78, 5) is 0. The van der Waals surface area contributed by atoms with Gasteiger partial charge in [-0.05, 0) is 42.6 Å². The van der Waals surface area contributed by atoms with Gasteiger partial charge in [-0.25, -0.2) is 0 Å². The van der Waals surface area contributed by atoms with Crippen LogP contribution >= 0.6 is 25.3 Å². The molecule has 0 spiro atoms. The maximum atomic E-state index is 4.32. The van der Waals surface area contributed by atoms with Gasteiger partial charge in [0, 0.05) is 0 Å². The first kappa shape index (κ1) is 8.79. The molecule has 2 atom stereocenters. The van der Waals surface area contributed by atoms with Crippen LogP contribution in [0.5, 0.6) is 0 Å². The van der Waals surface area contributed by atoms with Crippen LogP contribution in [0.1, 0.15) is 25.7 Å². The maximum Gasteiger partial charge on any atom is -0.00694 e. The van der Waals surface area contributed by atoms with Crippen LogP contribution in [0.25, 0.3) is 0 Å². The molecule has 1 aliphatic carbocycles. The summed E-state index contributed by atoms with van der Waals surface area (Å²) >= 11 is 8.64. The van der Waals surface area contributed by atoms with Crippen molar-refractivity contribution in [2.24, 2.45) is 11.8 Å². The minimum atomic E-state index is 0.884. The van der Waals surface area contributed by atoms with E-state index in [0.29, 0.717) is 0 Å². The minimum Gasteiger partial charge on any atom is -0.179 e. The van der Waals surface area contributed by atoms with Gasteiger partial charge >= 0.3 is 0 Å². The molecule has 1 saturated carbocycles. The van der Waals surface area contributed by atoms with Gasteiger partial charge in [0.2, 0.25) is 0 Å². The second kappa shape index (κ2) is 4.55. The Bertz CT molecular complexity index is 83.3. The molecule has 1 fully saturated rings. The molecule has 0 aromatic heterocycles. The zero-order valence-corrected chi connectivity index (χ0v) is 8.08. The third kappa shape index (κ3) is 2.39. The molecule has 0 bridgehead atoms. The van der Waals surface area contributed by atoms with E-state index in [1.165, 1.54) is 25.7 Å². The largest absolute Gasteiger partial charge is 0.179 e. The smallest absolute Gasteiger partial charge is 0.00694 e. The number of thiol groups is 2. The fourth-order valence-electron chi connectivity index (χ4n) is 1.73. The lowest BCUT2D eigenvalue weighted by Gasteiger charge is -2.26. The van der Waals surface area contributed by atoms with Gasteiger partial charge in [-0.1, -0.05) is 6.42 Å². The Hall–Kier alpha value is 0.700. The zero-order valence-electron chi connectivity index (χ0n) is 6.29. The van der Waals surface area contributed by atoms with Crippen molar-refractivity contribution in [1.82, 2.24) is 0 Å². The van der Waals surface area contributed by atoms with Crippen LogP contribution in [0, 0.1) is 11.8 Å². The molecule has 0 radical (unpaired) electrons. The molecular formula is C8H16S2. The molecule has 2 heteroatoms. The standard InChI is InChI=1S/C8H16S2/c9-5-7-2-1-3-8(4-7)6-10/h7-10H,1-6H2/t7-,8-/m1/s1. The normalized spacial score (nSPS) is 34.2. The lowest BCUT2D eigenvalue weighted by molar-refractivity contribution is 0.310. The van der Waals surface area contributed by atoms with E-state index in [0.717, 1.165) is 23.3 Å². The van der Waals surface area contributed by atoms with Crippen LogP contribution in [0.3, 0.4) is 0 Å². The third-order valence-electron chi connectivity index (χ3n) is 2.41. The Balaban J connectivity index is 2.25. The van der Waals surface area contributed by atoms with Crippen LogP contribution in [-0.4, -0.2) is 11.5 Å². The zero-order chi connectivity index (χ0) is 7.40. The lowest BCUT2D eigenvalue weighted by Crippen LogP contribution is -2.17. The summed E-state index contributed by atoms with van der Waals surface area (Å²) in [6.45, 7) is 0. The average Bonchev–Trinajstić information content (AvgIpc) is 2.05. The van der Waals surface area contributed by atoms with Crippen molar-refractivity contribution in [3.63, 3.8) is 0 Å². The molecule has 1 rings (SSSR count). The second-order valence-electron chi connectivity index (χ2n) is 3.26. The average molecular weight is 176 g/mol. The SMILES string of the molecule is SC[C@@H]1CCC[C@@H](CS)C1. The van der Waals surface area contributed by atoms with Gasteiger partial charge in [0.1, 0.15) is 0 Å². The van der Waals surface area contributed by atoms with Gasteiger partial charge in [0.05, 0.1) is 0 Å². The summed E-state index contributed by atoms with van der Waals surface area (Å²) in [7, 11) is 0. The fraction of sp³-hybridized carbons (Fsp3) is 1.00. The highest BCUT2D eigenvalue weighted by molar-refractivity contribution is 7.80. The van der Waals surface area contributed by atoms with Crippen molar-refractivity contribution in [1.29, 1.82) is 0 Å². The van der Waals surface area contributed by atoms with E-state index in [1.54, 1.807) is 0 Å². The highest BCUT2D eigenvalue weighted by Crippen LogP contribution is 2.29. The van der Waals surface area contributed by atoms with Crippen molar-refractivity contribution < 1.29 is 0 Å². The van der Waals surface area contributed by atoms with Gasteiger partial charge in [0.15, 0.2) is 0 Å². The molecule has 10 heavy (non-hydrogen) atoms. The highest BCUT2D eigenvalue weighted by Gasteiger charge is 2.19. The van der Waals surface area contributed by atoms with E-state index in [4.69, 9.17) is 0 Å². The molecule has 0 aromatic rings. The van der Waals surface area contributed by atoms with E-state index < -0.39 is 0 Å². The molecule has 0 saturated heterocycles. The van der Waals surface area contributed by atoms with Crippen LogP contribution in [0.15, 0.2) is 0 Å². The maximum absolute atomic E-state index is 4.32. The molecule has 0 aliphatic heterocycles. The number of hydrogen-bond donors (Lipinski definition) is 2. The Morgan fingerprint density at radius 1 is 1.00 bits per heavy atom. The van der Waals surface area contributed by atoms with Crippen LogP contribution < -0.4 is 0 Å². The monoisotopic (exact) mass is 176 g/mol. The number of rotatable bonds is 2. The van der Waals surface area contributed by atoms with Crippen molar-refractivity contribution >= 4 is 25.3 Å². The first-order chi connectivity index (χ1) is 4.86. The van der Waals surface area contributed by atoms with Gasteiger partial charge in [-0.2, -0.15) is 25.3 Å². The summed E-state index contributed by atoms with van der Waals surface area (Å²) in [5, 5.41) is 0. The minimum absolute atomic E-state index is 0.884. The molecule has 0 amide bonds. The van der Waals surface area contributed by atoms with Crippen molar-refractivity contribution in [3.05, 3.63) is 0 Å². The van der Waals surface area contributed by atoms with E-state index in [1.807, 2.05) is 0 Å². The lowest BCUT2D eigenvalue weighted by atomic mass is 9.83. The fourth-order valence-corrected chi connectivity index (χ4v) is 2.40. The Kier molecular flexibility index (Phi) is 4.00. The second-order valence-corrected chi connectivity index (χ2v) is 3.99. The Morgan fingerprint density at radius 2 is 1.50 bits per heavy atom. The van der Waals surface area contributed by atoms with Crippen LogP contribution in [0.4, 0.5) is 0 Å². The van der Waals surface area contributed by atoms with Gasteiger partial charge in [0.25, 0.3) is 0 Å². The van der Waals surface area contributed by atoms with Gasteiger partial charge in [-0.3, -0.25) is 0 Å². The molecule has 0 aromatic carbocycles. The van der Waals surface area contributed by atoms with Crippen LogP contribution in [0.2, 0.25) is 0 Å². The van der Waals surface area contributed by atoms with Crippen LogP contribution in [-0.2, 0) is 0 Å². The van der Waals surface area contributed by atoms with E-state index in [-0.39, 0.29) is 0 Å². The van der Waals surface area contributed by atoms with Crippen molar-refractivity contribution in [2.45, 2.75) is 25.7 Å². The topological polar surface area (TPSA) is 0 Å². The molecule has 0 nitrogen and oxygen atoms in total. The van der Waals surface area contributed by atoms with E-state index in [9.17, 15) is 0 Å². The quantitative estimate of drug-likeness (QED) is 0.594. The summed E-state index contributed by atoms with van der Waals surface area (Å²) in [6, 6.07) is 0. The molecule has 0 unspecified atom stereocenters. The molecule has 1 aliphatic rings. The molecule has 0 N–H and O–H groups in total. The first-order valence-electron chi connectivity index (χ1n) is 4.08.